The maximum absolute atomic E-state index is 13.0. The molecule has 1 fully saturated rings. The van der Waals surface area contributed by atoms with Crippen molar-refractivity contribution < 1.29 is 13.9 Å². The van der Waals surface area contributed by atoms with E-state index in [-0.39, 0.29) is 5.56 Å². The molecule has 1 aliphatic rings. The minimum atomic E-state index is -1.29. The van der Waals surface area contributed by atoms with Crippen LogP contribution in [0.2, 0.25) is 5.02 Å². The molecule has 0 radical (unpaired) electrons. The minimum Gasteiger partial charge on any atom is -0.506 e. The molecule has 0 heterocycles. The van der Waals surface area contributed by atoms with Crippen molar-refractivity contribution in [1.82, 2.24) is 0 Å². The molecule has 2 rings (SSSR count). The second kappa shape index (κ2) is 3.07. The number of phenols is 1. The maximum atomic E-state index is 13.0. The van der Waals surface area contributed by atoms with Gasteiger partial charge in [0.2, 0.25) is 0 Å². The number of hydrogen-bond acceptors (Lipinski definition) is 2. The molecule has 2 nitrogen and oxygen atoms in total. The number of hydrogen-bond donors (Lipinski definition) is 1. The summed E-state index contributed by atoms with van der Waals surface area (Å²) in [6, 6.07) is 2.82. The minimum absolute atomic E-state index is 0.0777. The summed E-state index contributed by atoms with van der Waals surface area (Å²) >= 11 is 5.40. The van der Waals surface area contributed by atoms with E-state index in [2.05, 4.69) is 0 Å². The fourth-order valence-electron chi connectivity index (χ4n) is 1.52. The molecule has 15 heavy (non-hydrogen) atoms. The zero-order chi connectivity index (χ0) is 11.2. The Balaban J connectivity index is 2.65. The Morgan fingerprint density at radius 2 is 2.07 bits per heavy atom. The maximum Gasteiger partial charge on any atom is 0.181 e. The quantitative estimate of drug-likeness (QED) is 0.753. The lowest BCUT2D eigenvalue weighted by atomic mass is 9.96. The van der Waals surface area contributed by atoms with Gasteiger partial charge in [0.15, 0.2) is 11.6 Å². The summed E-state index contributed by atoms with van der Waals surface area (Å²) in [5.74, 6) is -2.96. The number of halogens is 3. The smallest absolute Gasteiger partial charge is 0.181 e. The van der Waals surface area contributed by atoms with Crippen LogP contribution in [0.15, 0.2) is 6.07 Å². The van der Waals surface area contributed by atoms with Crippen LogP contribution in [0, 0.1) is 23.0 Å². The van der Waals surface area contributed by atoms with Crippen LogP contribution in [-0.2, 0) is 5.41 Å². The summed E-state index contributed by atoms with van der Waals surface area (Å²) < 4.78 is 26.0. The van der Waals surface area contributed by atoms with E-state index in [1.54, 1.807) is 0 Å². The molecule has 0 amide bonds. The van der Waals surface area contributed by atoms with E-state index in [0.29, 0.717) is 12.8 Å². The van der Waals surface area contributed by atoms with Crippen molar-refractivity contribution in [3.63, 3.8) is 0 Å². The lowest BCUT2D eigenvalue weighted by molar-refractivity contribution is 0.445. The van der Waals surface area contributed by atoms with E-state index in [1.165, 1.54) is 0 Å². The van der Waals surface area contributed by atoms with Crippen molar-refractivity contribution in [2.75, 3.05) is 0 Å². The Morgan fingerprint density at radius 3 is 2.53 bits per heavy atom. The molecule has 0 unspecified atom stereocenters. The summed E-state index contributed by atoms with van der Waals surface area (Å²) in [7, 11) is 0. The average Bonchev–Trinajstić information content (AvgIpc) is 3.01. The highest BCUT2D eigenvalue weighted by atomic mass is 35.5. The van der Waals surface area contributed by atoms with Crippen LogP contribution < -0.4 is 0 Å². The largest absolute Gasteiger partial charge is 0.506 e. The molecule has 1 aromatic rings. The van der Waals surface area contributed by atoms with Crippen LogP contribution in [0.4, 0.5) is 8.78 Å². The first-order chi connectivity index (χ1) is 7.02. The van der Waals surface area contributed by atoms with Crippen molar-refractivity contribution in [2.45, 2.75) is 18.3 Å². The Bertz CT molecular complexity index is 477. The first kappa shape index (κ1) is 10.2. The topological polar surface area (TPSA) is 44.0 Å². The van der Waals surface area contributed by atoms with Gasteiger partial charge in [0, 0.05) is 5.56 Å². The molecule has 0 bridgehead atoms. The van der Waals surface area contributed by atoms with E-state index in [0.717, 1.165) is 6.07 Å². The van der Waals surface area contributed by atoms with E-state index in [9.17, 15) is 13.9 Å². The second-order valence-electron chi connectivity index (χ2n) is 3.58. The van der Waals surface area contributed by atoms with Gasteiger partial charge < -0.3 is 5.11 Å². The van der Waals surface area contributed by atoms with E-state index in [1.807, 2.05) is 6.07 Å². The second-order valence-corrected chi connectivity index (χ2v) is 3.95. The molecule has 1 aliphatic carbocycles. The van der Waals surface area contributed by atoms with Crippen molar-refractivity contribution in [2.24, 2.45) is 0 Å². The predicted octanol–water partition coefficient (Wildman–Crippen LogP) is 2.88. The third kappa shape index (κ3) is 1.35. The summed E-state index contributed by atoms with van der Waals surface area (Å²) in [5.41, 5.74) is -0.809. The molecule has 0 aromatic heterocycles. The molecule has 1 saturated carbocycles. The van der Waals surface area contributed by atoms with E-state index in [4.69, 9.17) is 16.9 Å². The van der Waals surface area contributed by atoms with Crippen molar-refractivity contribution in [3.8, 4) is 11.8 Å². The predicted molar refractivity (Wildman–Crippen MR) is 49.6 cm³/mol. The Labute approximate surface area is 89.7 Å². The Kier molecular flexibility index (Phi) is 2.09. The van der Waals surface area contributed by atoms with E-state index < -0.39 is 27.8 Å². The molecule has 78 valence electrons. The van der Waals surface area contributed by atoms with Gasteiger partial charge >= 0.3 is 0 Å². The van der Waals surface area contributed by atoms with Gasteiger partial charge in [0.05, 0.1) is 11.5 Å². The molecule has 1 aromatic carbocycles. The highest BCUT2D eigenvalue weighted by Crippen LogP contribution is 2.52. The third-order valence-corrected chi connectivity index (χ3v) is 2.96. The van der Waals surface area contributed by atoms with Gasteiger partial charge in [-0.2, -0.15) is 5.26 Å². The number of nitrogens with zero attached hydrogens (tertiary/aromatic N) is 1. The monoisotopic (exact) mass is 229 g/mol. The fourth-order valence-corrected chi connectivity index (χ4v) is 1.71. The third-order valence-electron chi connectivity index (χ3n) is 2.62. The van der Waals surface area contributed by atoms with Crippen molar-refractivity contribution in [3.05, 3.63) is 28.3 Å². The summed E-state index contributed by atoms with van der Waals surface area (Å²) in [6.45, 7) is 0. The van der Waals surface area contributed by atoms with E-state index >= 15 is 0 Å². The van der Waals surface area contributed by atoms with Gasteiger partial charge in [-0.25, -0.2) is 8.78 Å². The molecule has 1 N–H and O–H groups in total. The fraction of sp³-hybridized carbons (Fsp3) is 0.300. The molecule has 0 spiro atoms. The zero-order valence-corrected chi connectivity index (χ0v) is 8.28. The number of aromatic hydroxyl groups is 1. The van der Waals surface area contributed by atoms with Crippen molar-refractivity contribution in [1.29, 1.82) is 5.26 Å². The highest BCUT2D eigenvalue weighted by molar-refractivity contribution is 6.32. The lowest BCUT2D eigenvalue weighted by Crippen LogP contribution is -2.05. The molecule has 5 heteroatoms. The zero-order valence-electron chi connectivity index (χ0n) is 7.52. The van der Waals surface area contributed by atoms with Crippen LogP contribution >= 0.6 is 11.6 Å². The van der Waals surface area contributed by atoms with Crippen molar-refractivity contribution >= 4 is 11.6 Å². The van der Waals surface area contributed by atoms with Crippen LogP contribution in [0.3, 0.4) is 0 Å². The molecule has 0 atom stereocenters. The Morgan fingerprint density at radius 1 is 1.47 bits per heavy atom. The molecule has 0 aliphatic heterocycles. The number of phenolic OH excluding ortho intramolecular Hbond substituents is 1. The van der Waals surface area contributed by atoms with Crippen LogP contribution in [0.5, 0.6) is 5.75 Å². The lowest BCUT2D eigenvalue weighted by Gasteiger charge is -2.11. The number of benzene rings is 1. The number of nitriles is 1. The standard InChI is InChI=1S/C10H6ClF2NO/c11-7-8(13)6(12)3-5(9(7)15)10(4-14)1-2-10/h3,15H,1-2H2. The summed E-state index contributed by atoms with van der Waals surface area (Å²) in [4.78, 5) is 0. The van der Waals surface area contributed by atoms with Crippen LogP contribution in [-0.4, -0.2) is 5.11 Å². The average molecular weight is 230 g/mol. The first-order valence-corrected chi connectivity index (χ1v) is 4.68. The van der Waals surface area contributed by atoms with Gasteiger partial charge in [-0.3, -0.25) is 0 Å². The Hall–Kier alpha value is -1.34. The van der Waals surface area contributed by atoms with Gasteiger partial charge in [0.1, 0.15) is 10.8 Å². The van der Waals surface area contributed by atoms with Gasteiger partial charge in [0.25, 0.3) is 0 Å². The summed E-state index contributed by atoms with van der Waals surface area (Å²) in [5, 5.41) is 17.7. The van der Waals surface area contributed by atoms with Gasteiger partial charge in [-0.1, -0.05) is 11.6 Å². The number of rotatable bonds is 1. The van der Waals surface area contributed by atoms with Gasteiger partial charge in [-0.05, 0) is 18.9 Å². The normalized spacial score (nSPS) is 17.2. The molecule has 0 saturated heterocycles. The SMILES string of the molecule is N#CC1(c2cc(F)c(F)c(Cl)c2O)CC1. The molecular formula is C10H6ClF2NO. The first-order valence-electron chi connectivity index (χ1n) is 4.30. The highest BCUT2D eigenvalue weighted by Gasteiger charge is 2.47. The molecular weight excluding hydrogens is 224 g/mol. The van der Waals surface area contributed by atoms with Crippen LogP contribution in [0.1, 0.15) is 18.4 Å². The van der Waals surface area contributed by atoms with Crippen LogP contribution in [0.25, 0.3) is 0 Å². The summed E-state index contributed by atoms with van der Waals surface area (Å²) in [6.07, 6.45) is 1.05. The van der Waals surface area contributed by atoms with Gasteiger partial charge in [-0.15, -0.1) is 0 Å².